The van der Waals surface area contributed by atoms with Crippen molar-refractivity contribution in [3.05, 3.63) is 11.9 Å². The van der Waals surface area contributed by atoms with Crippen LogP contribution in [0.3, 0.4) is 0 Å². The zero-order valence-electron chi connectivity index (χ0n) is 10.1. The smallest absolute Gasteiger partial charge is 0.192 e. The van der Waals surface area contributed by atoms with Crippen molar-refractivity contribution in [2.45, 2.75) is 33.7 Å². The highest BCUT2D eigenvalue weighted by Gasteiger charge is 2.12. The van der Waals surface area contributed by atoms with Gasteiger partial charge in [0.25, 0.3) is 0 Å². The number of aromatic nitrogens is 3. The number of carbonyl (C=O) groups excluding carboxylic acids is 1. The highest BCUT2D eigenvalue weighted by atomic mass is 32.2. The summed E-state index contributed by atoms with van der Waals surface area (Å²) in [5.74, 6) is 2.29. The first kappa shape index (κ1) is 13.2. The van der Waals surface area contributed by atoms with Crippen LogP contribution in [0.4, 0.5) is 0 Å². The molecule has 0 saturated heterocycles. The van der Waals surface area contributed by atoms with Gasteiger partial charge in [0, 0.05) is 6.54 Å². The van der Waals surface area contributed by atoms with Gasteiger partial charge < -0.3 is 0 Å². The summed E-state index contributed by atoms with van der Waals surface area (Å²) < 4.78 is 1.69. The molecule has 0 amide bonds. The molecule has 0 radical (unpaired) electrons. The Morgan fingerprint density at radius 2 is 2.31 bits per heavy atom. The number of carbonyl (C=O) groups is 1. The highest BCUT2D eigenvalue weighted by Crippen LogP contribution is 2.10. The molecule has 90 valence electrons. The van der Waals surface area contributed by atoms with Crippen LogP contribution in [0.5, 0.6) is 0 Å². The predicted molar refractivity (Wildman–Crippen MR) is 66.8 cm³/mol. The molecule has 1 aromatic heterocycles. The van der Waals surface area contributed by atoms with E-state index in [2.05, 4.69) is 31.1 Å². The molecule has 5 heteroatoms. The molecule has 1 heterocycles. The quantitative estimate of drug-likeness (QED) is 0.687. The van der Waals surface area contributed by atoms with Crippen molar-refractivity contribution >= 4 is 17.5 Å². The highest BCUT2D eigenvalue weighted by molar-refractivity contribution is 7.99. The first-order valence-electron chi connectivity index (χ1n) is 5.64. The average Bonchev–Trinajstić information content (AvgIpc) is 2.66. The van der Waals surface area contributed by atoms with Gasteiger partial charge in [-0.15, -0.1) is 5.10 Å². The maximum atomic E-state index is 11.9. The second-order valence-corrected chi connectivity index (χ2v) is 5.20. The van der Waals surface area contributed by atoms with Gasteiger partial charge in [-0.2, -0.15) is 11.8 Å². The van der Waals surface area contributed by atoms with E-state index >= 15 is 0 Å². The van der Waals surface area contributed by atoms with E-state index in [1.165, 1.54) is 0 Å². The number of rotatable bonds is 7. The third-order valence-electron chi connectivity index (χ3n) is 2.02. The minimum Gasteiger partial charge on any atom is -0.291 e. The molecule has 0 aliphatic heterocycles. The molecule has 0 N–H and O–H groups in total. The minimum atomic E-state index is 0.129. The standard InChI is InChI=1S/C11H19N3OS/c1-4-5-14-10(6-12-13-14)11(15)8-16-7-9(2)3/h6,9H,4-5,7-8H2,1-3H3. The van der Waals surface area contributed by atoms with Crippen LogP contribution in [0.2, 0.25) is 0 Å². The second-order valence-electron chi connectivity index (χ2n) is 4.17. The van der Waals surface area contributed by atoms with Crippen LogP contribution >= 0.6 is 11.8 Å². The van der Waals surface area contributed by atoms with Crippen molar-refractivity contribution in [3.63, 3.8) is 0 Å². The van der Waals surface area contributed by atoms with Crippen molar-refractivity contribution in [1.29, 1.82) is 0 Å². The fourth-order valence-electron chi connectivity index (χ4n) is 1.31. The van der Waals surface area contributed by atoms with Crippen LogP contribution in [0, 0.1) is 5.92 Å². The van der Waals surface area contributed by atoms with Gasteiger partial charge in [-0.25, -0.2) is 4.68 Å². The van der Waals surface area contributed by atoms with Crippen LogP contribution in [0.1, 0.15) is 37.7 Å². The topological polar surface area (TPSA) is 47.8 Å². The fraction of sp³-hybridized carbons (Fsp3) is 0.727. The van der Waals surface area contributed by atoms with Gasteiger partial charge in [0.2, 0.25) is 0 Å². The van der Waals surface area contributed by atoms with E-state index in [-0.39, 0.29) is 5.78 Å². The van der Waals surface area contributed by atoms with Crippen LogP contribution in [0.25, 0.3) is 0 Å². The Labute approximate surface area is 101 Å². The van der Waals surface area contributed by atoms with Crippen molar-refractivity contribution in [1.82, 2.24) is 15.0 Å². The lowest BCUT2D eigenvalue weighted by molar-refractivity contribution is 0.101. The Hall–Kier alpha value is -0.840. The Morgan fingerprint density at radius 1 is 1.56 bits per heavy atom. The minimum absolute atomic E-state index is 0.129. The van der Waals surface area contributed by atoms with E-state index in [9.17, 15) is 4.79 Å². The van der Waals surface area contributed by atoms with E-state index < -0.39 is 0 Å². The molecule has 0 unspecified atom stereocenters. The molecule has 16 heavy (non-hydrogen) atoms. The van der Waals surface area contributed by atoms with Crippen molar-refractivity contribution in [2.24, 2.45) is 5.92 Å². The summed E-state index contributed by atoms with van der Waals surface area (Å²) in [5, 5.41) is 7.69. The number of nitrogens with zero attached hydrogens (tertiary/aromatic N) is 3. The molecular weight excluding hydrogens is 222 g/mol. The van der Waals surface area contributed by atoms with Crippen molar-refractivity contribution in [3.8, 4) is 0 Å². The summed E-state index contributed by atoms with van der Waals surface area (Å²) >= 11 is 1.68. The monoisotopic (exact) mass is 241 g/mol. The van der Waals surface area contributed by atoms with Crippen LogP contribution in [-0.4, -0.2) is 32.3 Å². The Balaban J connectivity index is 2.49. The predicted octanol–water partition coefficient (Wildman–Crippen LogP) is 2.26. The first-order chi connectivity index (χ1) is 7.65. The van der Waals surface area contributed by atoms with Gasteiger partial charge in [0.15, 0.2) is 5.78 Å². The van der Waals surface area contributed by atoms with Crippen LogP contribution in [0.15, 0.2) is 6.20 Å². The van der Waals surface area contributed by atoms with Crippen LogP contribution < -0.4 is 0 Å². The summed E-state index contributed by atoms with van der Waals surface area (Å²) in [6.07, 6.45) is 2.52. The van der Waals surface area contributed by atoms with Gasteiger partial charge in [-0.3, -0.25) is 4.79 Å². The number of hydrogen-bond donors (Lipinski definition) is 0. The maximum absolute atomic E-state index is 11.9. The van der Waals surface area contributed by atoms with Gasteiger partial charge in [-0.05, 0) is 18.1 Å². The molecule has 0 bridgehead atoms. The molecule has 0 atom stereocenters. The molecular formula is C11H19N3OS. The van der Waals surface area contributed by atoms with Crippen molar-refractivity contribution < 1.29 is 4.79 Å². The van der Waals surface area contributed by atoms with E-state index in [4.69, 9.17) is 0 Å². The lowest BCUT2D eigenvalue weighted by Gasteiger charge is -2.05. The number of thioether (sulfide) groups is 1. The molecule has 0 aromatic carbocycles. The Kier molecular flexibility index (Phi) is 5.52. The molecule has 0 aliphatic rings. The number of aryl methyl sites for hydroxylation is 1. The average molecular weight is 241 g/mol. The number of hydrogen-bond acceptors (Lipinski definition) is 4. The molecule has 4 nitrogen and oxygen atoms in total. The van der Waals surface area contributed by atoms with E-state index in [1.54, 1.807) is 22.6 Å². The molecule has 0 saturated carbocycles. The zero-order valence-corrected chi connectivity index (χ0v) is 11.0. The first-order valence-corrected chi connectivity index (χ1v) is 6.80. The SMILES string of the molecule is CCCn1nncc1C(=O)CSCC(C)C. The number of ketones is 1. The third-order valence-corrected chi connectivity index (χ3v) is 3.39. The maximum Gasteiger partial charge on any atom is 0.192 e. The summed E-state index contributed by atoms with van der Waals surface area (Å²) in [6, 6.07) is 0. The van der Waals surface area contributed by atoms with Gasteiger partial charge in [-0.1, -0.05) is 26.0 Å². The summed E-state index contributed by atoms with van der Waals surface area (Å²) in [5.41, 5.74) is 0.637. The largest absolute Gasteiger partial charge is 0.291 e. The molecule has 0 spiro atoms. The third kappa shape index (κ3) is 3.96. The summed E-state index contributed by atoms with van der Waals surface area (Å²) in [6.45, 7) is 7.13. The molecule has 1 rings (SSSR count). The van der Waals surface area contributed by atoms with Crippen molar-refractivity contribution in [2.75, 3.05) is 11.5 Å². The van der Waals surface area contributed by atoms with E-state index in [1.807, 2.05) is 0 Å². The van der Waals surface area contributed by atoms with Gasteiger partial charge >= 0.3 is 0 Å². The Morgan fingerprint density at radius 3 is 2.94 bits per heavy atom. The summed E-state index contributed by atoms with van der Waals surface area (Å²) in [4.78, 5) is 11.9. The molecule has 0 fully saturated rings. The van der Waals surface area contributed by atoms with E-state index in [0.29, 0.717) is 17.4 Å². The lowest BCUT2D eigenvalue weighted by Crippen LogP contribution is -2.13. The van der Waals surface area contributed by atoms with E-state index in [0.717, 1.165) is 18.7 Å². The molecule has 0 aliphatic carbocycles. The zero-order chi connectivity index (χ0) is 12.0. The summed E-state index contributed by atoms with van der Waals surface area (Å²) in [7, 11) is 0. The normalized spacial score (nSPS) is 11.0. The van der Waals surface area contributed by atoms with Crippen LogP contribution in [-0.2, 0) is 6.54 Å². The lowest BCUT2D eigenvalue weighted by atomic mass is 10.3. The fourth-order valence-corrected chi connectivity index (χ4v) is 2.23. The molecule has 1 aromatic rings. The second kappa shape index (κ2) is 6.68. The van der Waals surface area contributed by atoms with Gasteiger partial charge in [0.1, 0.15) is 5.69 Å². The van der Waals surface area contributed by atoms with Gasteiger partial charge in [0.05, 0.1) is 11.9 Å². The number of Topliss-reactive ketones (excluding diaryl/α,β-unsaturated/α-hetero) is 1. The Bertz CT molecular complexity index is 336.